The third-order valence-corrected chi connectivity index (χ3v) is 4.34. The van der Waals surface area contributed by atoms with E-state index in [1.54, 1.807) is 31.4 Å². The molecule has 27 heavy (non-hydrogen) atoms. The van der Waals surface area contributed by atoms with E-state index in [9.17, 15) is 9.59 Å². The van der Waals surface area contributed by atoms with Crippen molar-refractivity contribution >= 4 is 23.2 Å². The first-order valence-corrected chi connectivity index (χ1v) is 8.58. The Bertz CT molecular complexity index is 865. The summed E-state index contributed by atoms with van der Waals surface area (Å²) in [6.07, 6.45) is 0.220. The molecule has 1 N–H and O–H groups in total. The molecule has 0 spiro atoms. The Morgan fingerprint density at radius 3 is 2.63 bits per heavy atom. The number of benzene rings is 2. The second-order valence-corrected chi connectivity index (χ2v) is 6.12. The van der Waals surface area contributed by atoms with E-state index >= 15 is 0 Å². The smallest absolute Gasteiger partial charge is 0.244 e. The van der Waals surface area contributed by atoms with Crippen LogP contribution in [0.4, 0.5) is 11.4 Å². The molecule has 2 aromatic carbocycles. The minimum Gasteiger partial charge on any atom is -0.493 e. The van der Waals surface area contributed by atoms with Crippen LogP contribution in [0.2, 0.25) is 0 Å². The first-order chi connectivity index (χ1) is 13.0. The monoisotopic (exact) mass is 370 g/mol. The SMILES string of the molecule is COc1cc(C)c(NC(=O)CN2C(=O)CCOc3ccccc32)cc1OC. The van der Waals surface area contributed by atoms with Crippen LogP contribution in [0, 0.1) is 6.92 Å². The summed E-state index contributed by atoms with van der Waals surface area (Å²) in [6, 6.07) is 10.7. The number of hydrogen-bond donors (Lipinski definition) is 1. The Hall–Kier alpha value is -3.22. The number of amides is 2. The molecular weight excluding hydrogens is 348 g/mol. The maximum atomic E-state index is 12.6. The number of aryl methyl sites for hydroxylation is 1. The quantitative estimate of drug-likeness (QED) is 0.876. The van der Waals surface area contributed by atoms with E-state index in [1.165, 1.54) is 12.0 Å². The van der Waals surface area contributed by atoms with Crippen molar-refractivity contribution in [3.63, 3.8) is 0 Å². The molecule has 0 saturated heterocycles. The molecular formula is C20H22N2O5. The lowest BCUT2D eigenvalue weighted by Crippen LogP contribution is -2.37. The van der Waals surface area contributed by atoms with Gasteiger partial charge in [-0.05, 0) is 30.7 Å². The minimum absolute atomic E-state index is 0.104. The van der Waals surface area contributed by atoms with E-state index in [-0.39, 0.29) is 24.8 Å². The van der Waals surface area contributed by atoms with Crippen LogP contribution in [0.1, 0.15) is 12.0 Å². The summed E-state index contributed by atoms with van der Waals surface area (Å²) in [5, 5.41) is 2.85. The van der Waals surface area contributed by atoms with E-state index < -0.39 is 0 Å². The van der Waals surface area contributed by atoms with Gasteiger partial charge in [0.15, 0.2) is 11.5 Å². The molecule has 0 bridgehead atoms. The van der Waals surface area contributed by atoms with Crippen molar-refractivity contribution in [3.05, 3.63) is 42.0 Å². The Morgan fingerprint density at radius 2 is 1.89 bits per heavy atom. The molecule has 142 valence electrons. The summed E-state index contributed by atoms with van der Waals surface area (Å²) in [4.78, 5) is 26.5. The van der Waals surface area contributed by atoms with Crippen LogP contribution in [-0.4, -0.2) is 39.2 Å². The normalized spacial score (nSPS) is 13.3. The highest BCUT2D eigenvalue weighted by molar-refractivity contribution is 6.04. The fraction of sp³-hybridized carbons (Fsp3) is 0.300. The number of para-hydroxylation sites is 2. The van der Waals surface area contributed by atoms with Crippen LogP contribution in [0.5, 0.6) is 17.2 Å². The van der Waals surface area contributed by atoms with Crippen molar-refractivity contribution < 1.29 is 23.8 Å². The number of anilines is 2. The Balaban J connectivity index is 1.81. The molecule has 0 atom stereocenters. The lowest BCUT2D eigenvalue weighted by Gasteiger charge is -2.22. The second-order valence-electron chi connectivity index (χ2n) is 6.12. The van der Waals surface area contributed by atoms with Crippen LogP contribution in [0.25, 0.3) is 0 Å². The number of nitrogens with one attached hydrogen (secondary N) is 1. The van der Waals surface area contributed by atoms with Gasteiger partial charge in [-0.15, -0.1) is 0 Å². The van der Waals surface area contributed by atoms with Gasteiger partial charge >= 0.3 is 0 Å². The molecule has 7 heteroatoms. The van der Waals surface area contributed by atoms with Gasteiger partial charge in [0.1, 0.15) is 12.3 Å². The van der Waals surface area contributed by atoms with Gasteiger partial charge in [0.05, 0.1) is 32.9 Å². The molecule has 7 nitrogen and oxygen atoms in total. The van der Waals surface area contributed by atoms with Gasteiger partial charge in [-0.1, -0.05) is 12.1 Å². The van der Waals surface area contributed by atoms with Gasteiger partial charge < -0.3 is 19.5 Å². The molecule has 0 aromatic heterocycles. The highest BCUT2D eigenvalue weighted by Crippen LogP contribution is 2.33. The van der Waals surface area contributed by atoms with Gasteiger partial charge in [-0.25, -0.2) is 0 Å². The van der Waals surface area contributed by atoms with Crippen molar-refractivity contribution in [2.75, 3.05) is 37.6 Å². The molecule has 3 rings (SSSR count). The first kappa shape index (κ1) is 18.6. The number of methoxy groups -OCH3 is 2. The third kappa shape index (κ3) is 3.97. The average molecular weight is 370 g/mol. The van der Waals surface area contributed by atoms with Crippen molar-refractivity contribution in [2.45, 2.75) is 13.3 Å². The maximum Gasteiger partial charge on any atom is 0.244 e. The zero-order valence-electron chi connectivity index (χ0n) is 15.6. The van der Waals surface area contributed by atoms with E-state index in [2.05, 4.69) is 5.32 Å². The van der Waals surface area contributed by atoms with Crippen molar-refractivity contribution in [1.29, 1.82) is 0 Å². The van der Waals surface area contributed by atoms with Crippen LogP contribution >= 0.6 is 0 Å². The second kappa shape index (κ2) is 7.99. The van der Waals surface area contributed by atoms with Gasteiger partial charge in [-0.2, -0.15) is 0 Å². The van der Waals surface area contributed by atoms with E-state index in [0.29, 0.717) is 35.2 Å². The molecule has 0 aliphatic carbocycles. The van der Waals surface area contributed by atoms with Crippen molar-refractivity contribution in [1.82, 2.24) is 0 Å². The maximum absolute atomic E-state index is 12.6. The molecule has 0 fully saturated rings. The topological polar surface area (TPSA) is 77.1 Å². The van der Waals surface area contributed by atoms with Crippen molar-refractivity contribution in [3.8, 4) is 17.2 Å². The highest BCUT2D eigenvalue weighted by atomic mass is 16.5. The third-order valence-electron chi connectivity index (χ3n) is 4.34. The standard InChI is InChI=1S/C20H22N2O5/c1-13-10-17(25-2)18(26-3)11-14(13)21-19(23)12-22-15-6-4-5-7-16(15)27-9-8-20(22)24/h4-7,10-11H,8-9,12H2,1-3H3,(H,21,23). The summed E-state index contributed by atoms with van der Waals surface area (Å²) >= 11 is 0. The molecule has 2 aromatic rings. The number of nitrogens with zero attached hydrogens (tertiary/aromatic N) is 1. The minimum atomic E-state index is -0.310. The molecule has 1 aliphatic heterocycles. The molecule has 1 heterocycles. The number of rotatable bonds is 5. The van der Waals surface area contributed by atoms with Crippen LogP contribution < -0.4 is 24.4 Å². The lowest BCUT2D eigenvalue weighted by molar-refractivity contribution is -0.121. The number of hydrogen-bond acceptors (Lipinski definition) is 5. The van der Waals surface area contributed by atoms with E-state index in [4.69, 9.17) is 14.2 Å². The fourth-order valence-corrected chi connectivity index (χ4v) is 2.94. The van der Waals surface area contributed by atoms with Gasteiger partial charge in [0, 0.05) is 11.8 Å². The van der Waals surface area contributed by atoms with E-state index in [0.717, 1.165) is 5.56 Å². The predicted octanol–water partition coefficient (Wildman–Crippen LogP) is 2.77. The molecule has 0 unspecified atom stereocenters. The molecule has 0 saturated carbocycles. The molecule has 1 aliphatic rings. The number of carbonyl (C=O) groups is 2. The van der Waals surface area contributed by atoms with Crippen molar-refractivity contribution in [2.24, 2.45) is 0 Å². The summed E-state index contributed by atoms with van der Waals surface area (Å²) < 4.78 is 16.1. The summed E-state index contributed by atoms with van der Waals surface area (Å²) in [5.41, 5.74) is 2.02. The highest BCUT2D eigenvalue weighted by Gasteiger charge is 2.25. The van der Waals surface area contributed by atoms with Crippen LogP contribution in [0.3, 0.4) is 0 Å². The average Bonchev–Trinajstić information content (AvgIpc) is 2.82. The summed E-state index contributed by atoms with van der Waals surface area (Å²) in [5.74, 6) is 1.23. The van der Waals surface area contributed by atoms with E-state index in [1.807, 2.05) is 19.1 Å². The number of ether oxygens (including phenoxy) is 3. The summed E-state index contributed by atoms with van der Waals surface area (Å²) in [6.45, 7) is 2.05. The van der Waals surface area contributed by atoms with Gasteiger partial charge in [-0.3, -0.25) is 14.5 Å². The Morgan fingerprint density at radius 1 is 1.19 bits per heavy atom. The summed E-state index contributed by atoms with van der Waals surface area (Å²) in [7, 11) is 3.09. The number of fused-ring (bicyclic) bond motifs is 1. The Labute approximate surface area is 157 Å². The van der Waals surface area contributed by atoms with Gasteiger partial charge in [0.2, 0.25) is 11.8 Å². The first-order valence-electron chi connectivity index (χ1n) is 8.58. The molecule has 2 amide bonds. The zero-order chi connectivity index (χ0) is 19.4. The van der Waals surface area contributed by atoms with Crippen LogP contribution in [-0.2, 0) is 9.59 Å². The molecule has 0 radical (unpaired) electrons. The lowest BCUT2D eigenvalue weighted by atomic mass is 10.1. The van der Waals surface area contributed by atoms with Gasteiger partial charge in [0.25, 0.3) is 0 Å². The zero-order valence-corrected chi connectivity index (χ0v) is 15.6. The number of carbonyl (C=O) groups excluding carboxylic acids is 2. The largest absolute Gasteiger partial charge is 0.493 e. The Kier molecular flexibility index (Phi) is 5.49. The van der Waals surface area contributed by atoms with Crippen LogP contribution in [0.15, 0.2) is 36.4 Å². The predicted molar refractivity (Wildman–Crippen MR) is 102 cm³/mol. The fourth-order valence-electron chi connectivity index (χ4n) is 2.94.